The molecule has 0 bridgehead atoms. The SMILES string of the molecule is Nc1ncnc2c1c(-c1ccc(Oc3ccccc3)cc1)nn2C1CCCN(C(=O)N2CCN(c3ccc4c(c3)C(=O)N(C3CCC(=O)NC3=O)C4=O)CC2)C1. The summed E-state index contributed by atoms with van der Waals surface area (Å²) >= 11 is 0. The van der Waals surface area contributed by atoms with E-state index in [1.165, 1.54) is 6.33 Å². The second-order valence-electron chi connectivity index (χ2n) is 14.4. The summed E-state index contributed by atoms with van der Waals surface area (Å²) in [4.78, 5) is 80.2. The fourth-order valence-electron chi connectivity index (χ4n) is 8.10. The van der Waals surface area contributed by atoms with E-state index in [9.17, 15) is 24.0 Å². The van der Waals surface area contributed by atoms with Gasteiger partial charge in [0.05, 0.1) is 22.6 Å². The fourth-order valence-corrected chi connectivity index (χ4v) is 8.10. The largest absolute Gasteiger partial charge is 0.457 e. The second-order valence-corrected chi connectivity index (χ2v) is 14.4. The van der Waals surface area contributed by atoms with Gasteiger partial charge in [0.1, 0.15) is 35.4 Å². The fraction of sp³-hybridized carbons (Fsp3) is 0.300. The normalized spacial score (nSPS) is 20.1. The number of carbonyl (C=O) groups excluding carboxylic acids is 5. The predicted molar refractivity (Wildman–Crippen MR) is 204 cm³/mol. The van der Waals surface area contributed by atoms with Crippen molar-refractivity contribution in [2.24, 2.45) is 0 Å². The molecule has 284 valence electrons. The summed E-state index contributed by atoms with van der Waals surface area (Å²) in [6.45, 7) is 3.06. The molecule has 3 fully saturated rings. The molecular formula is C40H38N10O6. The minimum absolute atomic E-state index is 0.0520. The van der Waals surface area contributed by atoms with E-state index in [0.29, 0.717) is 67.6 Å². The number of para-hydroxylation sites is 1. The summed E-state index contributed by atoms with van der Waals surface area (Å²) in [5, 5.41) is 7.91. The zero-order chi connectivity index (χ0) is 38.5. The molecule has 16 nitrogen and oxygen atoms in total. The molecule has 0 radical (unpaired) electrons. The molecule has 0 saturated carbocycles. The van der Waals surface area contributed by atoms with Gasteiger partial charge in [0, 0.05) is 56.9 Å². The first-order valence-electron chi connectivity index (χ1n) is 18.7. The van der Waals surface area contributed by atoms with Gasteiger partial charge in [0.25, 0.3) is 11.8 Å². The number of anilines is 2. The smallest absolute Gasteiger partial charge is 0.320 e. The van der Waals surface area contributed by atoms with E-state index < -0.39 is 29.7 Å². The van der Waals surface area contributed by atoms with Crippen molar-refractivity contribution in [3.8, 4) is 22.8 Å². The van der Waals surface area contributed by atoms with E-state index in [2.05, 4.69) is 20.2 Å². The zero-order valence-corrected chi connectivity index (χ0v) is 30.3. The summed E-state index contributed by atoms with van der Waals surface area (Å²) < 4.78 is 7.87. The van der Waals surface area contributed by atoms with Crippen LogP contribution in [0.25, 0.3) is 22.3 Å². The third-order valence-electron chi connectivity index (χ3n) is 11.0. The molecule has 6 heterocycles. The molecular weight excluding hydrogens is 717 g/mol. The van der Waals surface area contributed by atoms with Gasteiger partial charge in [-0.15, -0.1) is 0 Å². The molecule has 3 aromatic carbocycles. The lowest BCUT2D eigenvalue weighted by molar-refractivity contribution is -0.136. The van der Waals surface area contributed by atoms with Crippen LogP contribution in [0.15, 0.2) is 79.1 Å². The van der Waals surface area contributed by atoms with E-state index >= 15 is 0 Å². The van der Waals surface area contributed by atoms with E-state index in [1.807, 2.05) is 69.1 Å². The topological polar surface area (TPSA) is 189 Å². The number of piperidine rings is 2. The summed E-state index contributed by atoms with van der Waals surface area (Å²) in [6, 6.07) is 21.1. The summed E-state index contributed by atoms with van der Waals surface area (Å²) in [6.07, 6.45) is 3.19. The molecule has 2 aromatic heterocycles. The summed E-state index contributed by atoms with van der Waals surface area (Å²) in [7, 11) is 0. The lowest BCUT2D eigenvalue weighted by Crippen LogP contribution is -2.54. The zero-order valence-electron chi connectivity index (χ0n) is 30.3. The average Bonchev–Trinajstić information content (AvgIpc) is 3.73. The molecule has 9 rings (SSSR count). The van der Waals surface area contributed by atoms with Crippen LogP contribution in [-0.4, -0.2) is 109 Å². The van der Waals surface area contributed by atoms with Crippen molar-refractivity contribution in [1.82, 2.24) is 39.8 Å². The van der Waals surface area contributed by atoms with Crippen LogP contribution in [0.1, 0.15) is 52.4 Å². The van der Waals surface area contributed by atoms with Gasteiger partial charge in [-0.2, -0.15) is 5.10 Å². The van der Waals surface area contributed by atoms with E-state index in [4.69, 9.17) is 15.6 Å². The third kappa shape index (κ3) is 6.21. The number of carbonyl (C=O) groups is 5. The van der Waals surface area contributed by atoms with Crippen molar-refractivity contribution in [2.45, 2.75) is 37.8 Å². The van der Waals surface area contributed by atoms with Gasteiger partial charge in [-0.25, -0.2) is 19.4 Å². The number of ether oxygens (including phenoxy) is 1. The number of urea groups is 1. The van der Waals surface area contributed by atoms with Gasteiger partial charge >= 0.3 is 6.03 Å². The van der Waals surface area contributed by atoms with Crippen molar-refractivity contribution >= 4 is 52.2 Å². The number of nitrogens with one attached hydrogen (secondary N) is 1. The summed E-state index contributed by atoms with van der Waals surface area (Å²) in [5.74, 6) is -0.400. The first kappa shape index (κ1) is 34.9. The minimum Gasteiger partial charge on any atom is -0.457 e. The maximum Gasteiger partial charge on any atom is 0.320 e. The number of likely N-dealkylation sites (tertiary alicyclic amines) is 1. The molecule has 56 heavy (non-hydrogen) atoms. The van der Waals surface area contributed by atoms with Crippen molar-refractivity contribution in [3.05, 3.63) is 90.3 Å². The van der Waals surface area contributed by atoms with Crippen LogP contribution in [0, 0.1) is 0 Å². The number of imide groups is 2. The molecule has 4 aliphatic rings. The Morgan fingerprint density at radius 1 is 0.804 bits per heavy atom. The highest BCUT2D eigenvalue weighted by atomic mass is 16.5. The number of fused-ring (bicyclic) bond motifs is 2. The number of hydrogen-bond acceptors (Lipinski definition) is 11. The Labute approximate surface area is 320 Å². The number of nitrogens with two attached hydrogens (primary N) is 1. The molecule has 6 amide bonds. The predicted octanol–water partition coefficient (Wildman–Crippen LogP) is 3.85. The van der Waals surface area contributed by atoms with Crippen molar-refractivity contribution in [3.63, 3.8) is 0 Å². The first-order valence-corrected chi connectivity index (χ1v) is 18.7. The van der Waals surface area contributed by atoms with Crippen molar-refractivity contribution < 1.29 is 28.7 Å². The molecule has 0 aliphatic carbocycles. The number of nitrogen functional groups attached to an aromatic ring is 1. The molecule has 5 aromatic rings. The molecule has 0 spiro atoms. The Morgan fingerprint density at radius 3 is 2.32 bits per heavy atom. The quantitative estimate of drug-likeness (QED) is 0.240. The molecule has 3 saturated heterocycles. The number of hydrogen-bond donors (Lipinski definition) is 2. The maximum absolute atomic E-state index is 14.0. The highest BCUT2D eigenvalue weighted by molar-refractivity contribution is 6.23. The Hall–Kier alpha value is -6.84. The van der Waals surface area contributed by atoms with E-state index in [-0.39, 0.29) is 36.0 Å². The second kappa shape index (κ2) is 14.1. The monoisotopic (exact) mass is 754 g/mol. The molecule has 16 heteroatoms. The van der Waals surface area contributed by atoms with Crippen LogP contribution >= 0.6 is 0 Å². The van der Waals surface area contributed by atoms with E-state index in [1.54, 1.807) is 18.2 Å². The van der Waals surface area contributed by atoms with Crippen LogP contribution in [0.3, 0.4) is 0 Å². The number of amides is 6. The third-order valence-corrected chi connectivity index (χ3v) is 11.0. The number of benzene rings is 3. The van der Waals surface area contributed by atoms with Crippen LogP contribution < -0.4 is 20.7 Å². The van der Waals surface area contributed by atoms with Crippen molar-refractivity contribution in [2.75, 3.05) is 49.9 Å². The summed E-state index contributed by atoms with van der Waals surface area (Å²) in [5.41, 5.74) is 9.73. The van der Waals surface area contributed by atoms with Crippen LogP contribution in [0.4, 0.5) is 16.3 Å². The number of aromatic nitrogens is 4. The number of rotatable bonds is 6. The molecule has 2 atom stereocenters. The minimum atomic E-state index is -1.02. The Kier molecular flexibility index (Phi) is 8.79. The van der Waals surface area contributed by atoms with Crippen LogP contribution in [0.2, 0.25) is 0 Å². The first-order chi connectivity index (χ1) is 27.2. The molecule has 3 N–H and O–H groups in total. The Balaban J connectivity index is 0.867. The number of nitrogens with zero attached hydrogens (tertiary/aromatic N) is 8. The van der Waals surface area contributed by atoms with Gasteiger partial charge < -0.3 is 25.2 Å². The molecule has 2 unspecified atom stereocenters. The van der Waals surface area contributed by atoms with Gasteiger partial charge in [0.2, 0.25) is 11.8 Å². The van der Waals surface area contributed by atoms with Gasteiger partial charge in [-0.05, 0) is 73.9 Å². The van der Waals surface area contributed by atoms with Gasteiger partial charge in [-0.3, -0.25) is 29.4 Å². The molecule has 4 aliphatic heterocycles. The average molecular weight is 755 g/mol. The van der Waals surface area contributed by atoms with Gasteiger partial charge in [-0.1, -0.05) is 18.2 Å². The maximum atomic E-state index is 14.0. The van der Waals surface area contributed by atoms with Gasteiger partial charge in [0.15, 0.2) is 5.65 Å². The standard InChI is InChI=1S/C40H38N10O6/c41-35-33-34(24-8-11-28(12-9-24)56-27-6-2-1-3-7-27)45-50(36(33)43-23-42-35)26-5-4-16-48(22-26)40(55)47-19-17-46(18-20-47)25-10-13-29-30(21-25)39(54)49(38(29)53)31-14-15-32(51)44-37(31)52/h1-3,6-13,21,23,26,31H,4-5,14-20,22H2,(H2,41,42,43)(H,44,51,52). The van der Waals surface area contributed by atoms with E-state index in [0.717, 1.165) is 34.7 Å². The Bertz CT molecular complexity index is 2390. The van der Waals surface area contributed by atoms with Crippen LogP contribution in [-0.2, 0) is 9.59 Å². The lowest BCUT2D eigenvalue weighted by Gasteiger charge is -2.40. The Morgan fingerprint density at radius 2 is 1.55 bits per heavy atom. The highest BCUT2D eigenvalue weighted by Crippen LogP contribution is 2.36. The number of piperazine rings is 1. The lowest BCUT2D eigenvalue weighted by atomic mass is 10.0. The van der Waals surface area contributed by atoms with Crippen LogP contribution in [0.5, 0.6) is 11.5 Å². The van der Waals surface area contributed by atoms with Crippen molar-refractivity contribution in [1.29, 1.82) is 0 Å². The highest BCUT2D eigenvalue weighted by Gasteiger charge is 2.45.